The summed E-state index contributed by atoms with van der Waals surface area (Å²) in [5, 5.41) is 0.930. The van der Waals surface area contributed by atoms with E-state index in [0.717, 1.165) is 17.5 Å². The van der Waals surface area contributed by atoms with Crippen molar-refractivity contribution in [2.45, 2.75) is 26.3 Å². The van der Waals surface area contributed by atoms with Crippen LogP contribution in [-0.2, 0) is 6.42 Å². The number of halogens is 1. The Morgan fingerprint density at radius 2 is 1.84 bits per heavy atom. The molecule has 31 heavy (non-hydrogen) atoms. The number of nitrogens with zero attached hydrogens (tertiary/aromatic N) is 2. The fraction of sp³-hybridized carbons (Fsp3) is 0.160. The van der Waals surface area contributed by atoms with Gasteiger partial charge in [0.1, 0.15) is 11.4 Å². The molecule has 0 saturated carbocycles. The van der Waals surface area contributed by atoms with E-state index in [4.69, 9.17) is 16.0 Å². The predicted octanol–water partition coefficient (Wildman–Crippen LogP) is 5.46. The van der Waals surface area contributed by atoms with Crippen molar-refractivity contribution in [1.82, 2.24) is 4.98 Å². The molecule has 1 unspecified atom stereocenters. The molecular weight excluding hydrogens is 412 g/mol. The summed E-state index contributed by atoms with van der Waals surface area (Å²) < 4.78 is 5.98. The summed E-state index contributed by atoms with van der Waals surface area (Å²) in [7, 11) is 0. The summed E-state index contributed by atoms with van der Waals surface area (Å²) in [6.45, 7) is 4.00. The molecule has 0 spiro atoms. The number of hydrogen-bond donors (Lipinski definition) is 0. The number of fused-ring (bicyclic) bond motifs is 2. The van der Waals surface area contributed by atoms with Crippen molar-refractivity contribution in [2.24, 2.45) is 0 Å². The van der Waals surface area contributed by atoms with Gasteiger partial charge < -0.3 is 4.42 Å². The van der Waals surface area contributed by atoms with Crippen molar-refractivity contribution in [3.63, 3.8) is 0 Å². The molecule has 1 amide bonds. The van der Waals surface area contributed by atoms with Gasteiger partial charge in [-0.2, -0.15) is 0 Å². The van der Waals surface area contributed by atoms with Gasteiger partial charge in [0.25, 0.3) is 5.91 Å². The van der Waals surface area contributed by atoms with E-state index in [2.05, 4.69) is 11.9 Å². The van der Waals surface area contributed by atoms with Crippen LogP contribution in [0.1, 0.15) is 45.8 Å². The van der Waals surface area contributed by atoms with E-state index < -0.39 is 11.9 Å². The van der Waals surface area contributed by atoms with Crippen LogP contribution in [-0.4, -0.2) is 10.9 Å². The number of carbonyl (C=O) groups excluding carboxylic acids is 1. The number of benzene rings is 2. The number of aromatic nitrogens is 1. The molecule has 0 radical (unpaired) electrons. The summed E-state index contributed by atoms with van der Waals surface area (Å²) in [6, 6.07) is 16.0. The molecule has 4 aromatic rings. The maximum absolute atomic E-state index is 13.6. The molecule has 5 rings (SSSR count). The van der Waals surface area contributed by atoms with E-state index in [0.29, 0.717) is 27.4 Å². The third-order valence-corrected chi connectivity index (χ3v) is 5.91. The summed E-state index contributed by atoms with van der Waals surface area (Å²) in [5.74, 6) is 0.0710. The normalized spacial score (nSPS) is 15.5. The highest BCUT2D eigenvalue weighted by Crippen LogP contribution is 2.40. The summed E-state index contributed by atoms with van der Waals surface area (Å²) in [5.41, 5.74) is 3.47. The molecule has 1 aliphatic heterocycles. The largest absolute Gasteiger partial charge is 0.450 e. The second kappa shape index (κ2) is 7.36. The Bertz CT molecular complexity index is 1380. The molecule has 0 saturated heterocycles. The minimum atomic E-state index is -0.636. The van der Waals surface area contributed by atoms with Crippen LogP contribution < -0.4 is 10.3 Å². The Kier molecular flexibility index (Phi) is 4.63. The van der Waals surface area contributed by atoms with Crippen LogP contribution in [0.5, 0.6) is 0 Å². The molecular formula is C25H19ClN2O3. The second-order valence-electron chi connectivity index (χ2n) is 7.68. The predicted molar refractivity (Wildman–Crippen MR) is 121 cm³/mol. The average molecular weight is 431 g/mol. The average Bonchev–Trinajstić information content (AvgIpc) is 3.07. The lowest BCUT2D eigenvalue weighted by Gasteiger charge is -2.24. The number of hydrogen-bond acceptors (Lipinski definition) is 4. The van der Waals surface area contributed by atoms with Gasteiger partial charge >= 0.3 is 0 Å². The zero-order valence-electron chi connectivity index (χ0n) is 17.1. The fourth-order valence-corrected chi connectivity index (χ4v) is 4.20. The van der Waals surface area contributed by atoms with Crippen LogP contribution in [0.3, 0.4) is 0 Å². The summed E-state index contributed by atoms with van der Waals surface area (Å²) >= 11 is 6.01. The number of aryl methyl sites for hydroxylation is 2. The molecule has 3 heterocycles. The zero-order valence-corrected chi connectivity index (χ0v) is 17.8. The van der Waals surface area contributed by atoms with E-state index in [1.165, 1.54) is 16.7 Å². The van der Waals surface area contributed by atoms with Crippen molar-refractivity contribution in [2.75, 3.05) is 4.90 Å². The van der Waals surface area contributed by atoms with Gasteiger partial charge in [-0.15, -0.1) is 0 Å². The van der Waals surface area contributed by atoms with Gasteiger partial charge in [0, 0.05) is 6.20 Å². The standard InChI is InChI=1S/C25H19ClN2O3/c1-3-15-5-7-16(8-6-15)22-21-23(29)18-12-14(2)4-10-19(18)31-24(21)25(30)28(22)20-11-9-17(26)13-27-20/h4-13,22H,3H2,1-2H3. The van der Waals surface area contributed by atoms with Crippen molar-refractivity contribution in [3.05, 3.63) is 104 Å². The number of carbonyl (C=O) groups is 1. The van der Waals surface area contributed by atoms with Crippen LogP contribution in [0.25, 0.3) is 11.0 Å². The SMILES string of the molecule is CCc1ccc(C2c3c(oc4ccc(C)cc4c3=O)C(=O)N2c2ccc(Cl)cn2)cc1. The van der Waals surface area contributed by atoms with Crippen molar-refractivity contribution >= 4 is 34.3 Å². The first-order chi connectivity index (χ1) is 15.0. The van der Waals surface area contributed by atoms with Gasteiger partial charge in [-0.1, -0.05) is 54.4 Å². The van der Waals surface area contributed by atoms with Crippen LogP contribution in [0, 0.1) is 6.92 Å². The quantitative estimate of drug-likeness (QED) is 0.432. The molecule has 0 fully saturated rings. The van der Waals surface area contributed by atoms with E-state index >= 15 is 0 Å². The topological polar surface area (TPSA) is 63.4 Å². The van der Waals surface area contributed by atoms with Gasteiger partial charge in [0.05, 0.1) is 22.0 Å². The third-order valence-electron chi connectivity index (χ3n) is 5.69. The molecule has 1 atom stereocenters. The van der Waals surface area contributed by atoms with Crippen LogP contribution in [0.4, 0.5) is 5.82 Å². The maximum Gasteiger partial charge on any atom is 0.296 e. The summed E-state index contributed by atoms with van der Waals surface area (Å²) in [4.78, 5) is 32.9. The lowest BCUT2D eigenvalue weighted by Crippen LogP contribution is -2.30. The second-order valence-corrected chi connectivity index (χ2v) is 8.12. The van der Waals surface area contributed by atoms with E-state index in [-0.39, 0.29) is 11.2 Å². The van der Waals surface area contributed by atoms with Gasteiger partial charge in [0.2, 0.25) is 5.76 Å². The van der Waals surface area contributed by atoms with Gasteiger partial charge in [0.15, 0.2) is 5.43 Å². The monoisotopic (exact) mass is 430 g/mol. The Morgan fingerprint density at radius 3 is 2.52 bits per heavy atom. The van der Waals surface area contributed by atoms with Crippen molar-refractivity contribution in [1.29, 1.82) is 0 Å². The molecule has 6 heteroatoms. The van der Waals surface area contributed by atoms with E-state index in [1.807, 2.05) is 37.3 Å². The Labute approximate surface area is 183 Å². The molecule has 0 bridgehead atoms. The molecule has 1 aliphatic rings. The number of amides is 1. The van der Waals surface area contributed by atoms with Crippen molar-refractivity contribution in [3.8, 4) is 0 Å². The van der Waals surface area contributed by atoms with Gasteiger partial charge in [-0.25, -0.2) is 4.98 Å². The van der Waals surface area contributed by atoms with E-state index in [9.17, 15) is 9.59 Å². The molecule has 2 aromatic carbocycles. The van der Waals surface area contributed by atoms with Crippen LogP contribution in [0.15, 0.2) is 70.0 Å². The fourth-order valence-electron chi connectivity index (χ4n) is 4.08. The number of rotatable bonds is 3. The molecule has 2 aromatic heterocycles. The Morgan fingerprint density at radius 1 is 1.06 bits per heavy atom. The lowest BCUT2D eigenvalue weighted by molar-refractivity contribution is 0.0970. The van der Waals surface area contributed by atoms with Crippen molar-refractivity contribution < 1.29 is 9.21 Å². The molecule has 5 nitrogen and oxygen atoms in total. The zero-order chi connectivity index (χ0) is 21.7. The molecule has 154 valence electrons. The first-order valence-corrected chi connectivity index (χ1v) is 10.5. The lowest BCUT2D eigenvalue weighted by atomic mass is 9.97. The highest BCUT2D eigenvalue weighted by molar-refractivity contribution is 6.30. The van der Waals surface area contributed by atoms with Crippen LogP contribution >= 0.6 is 11.6 Å². The maximum atomic E-state index is 13.6. The third kappa shape index (κ3) is 3.13. The number of anilines is 1. The molecule has 0 aliphatic carbocycles. The smallest absolute Gasteiger partial charge is 0.296 e. The first kappa shape index (κ1) is 19.5. The Balaban J connectivity index is 1.79. The Hall–Kier alpha value is -3.44. The summed E-state index contributed by atoms with van der Waals surface area (Å²) in [6.07, 6.45) is 2.38. The van der Waals surface area contributed by atoms with Gasteiger partial charge in [-0.3, -0.25) is 14.5 Å². The minimum Gasteiger partial charge on any atom is -0.450 e. The van der Waals surface area contributed by atoms with Crippen LogP contribution in [0.2, 0.25) is 5.02 Å². The highest BCUT2D eigenvalue weighted by atomic mass is 35.5. The highest BCUT2D eigenvalue weighted by Gasteiger charge is 2.44. The minimum absolute atomic E-state index is 0.0580. The van der Waals surface area contributed by atoms with Gasteiger partial charge in [-0.05, 0) is 48.7 Å². The van der Waals surface area contributed by atoms with E-state index in [1.54, 1.807) is 24.3 Å². The first-order valence-electron chi connectivity index (χ1n) is 10.1. The number of pyridine rings is 1. The molecule has 0 N–H and O–H groups in total.